The highest BCUT2D eigenvalue weighted by Gasteiger charge is 2.53. The molecule has 4 aromatic carbocycles. The maximum absolute atomic E-state index is 14.0. The zero-order valence-electron chi connectivity index (χ0n) is 27.5. The Morgan fingerprint density at radius 3 is 1.43 bits per heavy atom. The van der Waals surface area contributed by atoms with Crippen LogP contribution in [0.1, 0.15) is 41.4 Å². The number of fused-ring (bicyclic) bond motifs is 4. The van der Waals surface area contributed by atoms with Crippen LogP contribution >= 0.6 is 0 Å². The number of aromatic hydroxyl groups is 12. The molecule has 0 spiro atoms. The van der Waals surface area contributed by atoms with E-state index in [-0.39, 0.29) is 0 Å². The van der Waals surface area contributed by atoms with Crippen LogP contribution in [-0.2, 0) is 23.7 Å². The number of rotatable bonds is 4. The summed E-state index contributed by atoms with van der Waals surface area (Å²) in [4.78, 5) is 54.0. The summed E-state index contributed by atoms with van der Waals surface area (Å²) >= 11 is 0. The normalized spacial score (nSPS) is 20.6. The second-order valence-corrected chi connectivity index (χ2v) is 12.0. The van der Waals surface area contributed by atoms with E-state index in [0.717, 1.165) is 0 Å². The predicted molar refractivity (Wildman–Crippen MR) is 174 cm³/mol. The maximum atomic E-state index is 14.0. The maximum Gasteiger partial charge on any atom is 0.340 e. The minimum atomic E-state index is -2.42. The van der Waals surface area contributed by atoms with Crippen LogP contribution in [0.2, 0.25) is 0 Å². The van der Waals surface area contributed by atoms with Gasteiger partial charge in [-0.2, -0.15) is 0 Å². The monoisotopic (exact) mass is 786 g/mol. The molecule has 294 valence electrons. The van der Waals surface area contributed by atoms with E-state index in [0.29, 0.717) is 36.4 Å². The molecule has 0 aromatic heterocycles. The number of benzene rings is 4. The molecule has 2 aliphatic rings. The first-order valence-corrected chi connectivity index (χ1v) is 15.5. The van der Waals surface area contributed by atoms with Gasteiger partial charge in [-0.1, -0.05) is 0 Å². The van der Waals surface area contributed by atoms with Gasteiger partial charge in [0.1, 0.15) is 12.7 Å². The van der Waals surface area contributed by atoms with Crippen molar-refractivity contribution in [2.75, 3.05) is 6.61 Å². The number of cyclic esters (lactones) is 1. The molecule has 2 heterocycles. The van der Waals surface area contributed by atoms with E-state index in [2.05, 4.69) is 0 Å². The van der Waals surface area contributed by atoms with Crippen molar-refractivity contribution >= 4 is 23.9 Å². The van der Waals surface area contributed by atoms with Crippen LogP contribution in [-0.4, -0.2) is 128 Å². The van der Waals surface area contributed by atoms with Crippen molar-refractivity contribution in [1.29, 1.82) is 0 Å². The van der Waals surface area contributed by atoms with Crippen molar-refractivity contribution in [1.82, 2.24) is 0 Å². The summed E-state index contributed by atoms with van der Waals surface area (Å²) < 4.78 is 27.0. The van der Waals surface area contributed by atoms with Gasteiger partial charge < -0.3 is 90.1 Å². The number of carbonyl (C=O) groups is 4. The molecular formula is C34H26O22. The molecule has 13 N–H and O–H groups in total. The van der Waals surface area contributed by atoms with Gasteiger partial charge in [0.2, 0.25) is 17.8 Å². The van der Waals surface area contributed by atoms with E-state index in [9.17, 15) is 85.6 Å². The van der Waals surface area contributed by atoms with Crippen molar-refractivity contribution in [3.63, 3.8) is 0 Å². The third kappa shape index (κ3) is 6.45. The molecule has 56 heavy (non-hydrogen) atoms. The first-order valence-electron chi connectivity index (χ1n) is 15.5. The summed E-state index contributed by atoms with van der Waals surface area (Å²) in [5, 5.41) is 133. The highest BCUT2D eigenvalue weighted by atomic mass is 16.7. The summed E-state index contributed by atoms with van der Waals surface area (Å²) in [5.41, 5.74) is -5.21. The first kappa shape index (κ1) is 38.0. The molecule has 0 saturated carbocycles. The number of aliphatic hydroxyl groups excluding tert-OH is 1. The third-order valence-corrected chi connectivity index (χ3v) is 8.51. The van der Waals surface area contributed by atoms with E-state index in [1.54, 1.807) is 0 Å². The van der Waals surface area contributed by atoms with Crippen LogP contribution in [0.5, 0.6) is 69.0 Å². The number of phenolic OH excluding ortho intramolecular Hbond substituents is 12. The van der Waals surface area contributed by atoms with Crippen molar-refractivity contribution in [3.05, 3.63) is 58.7 Å². The van der Waals surface area contributed by atoms with Gasteiger partial charge in [-0.25, -0.2) is 19.2 Å². The standard InChI is InChI=1S/C34H26O22/c35-12-1-8(2-13(36)21(12)41)30(48)55-29-27(47)34(56-31(49)9-3-14(37)22(42)15(38)4-9)53-18-7-52-32(50)10-5-16(39)23(43)25(45)19(10)20-11(33(51)54-28(18)29)6-17(40)24(44)26(20)46/h1-6,18,27-29,34-47H,7H2/t18-,27+,28+,29+,34-/m1/s1. The van der Waals surface area contributed by atoms with E-state index < -0.39 is 164 Å². The van der Waals surface area contributed by atoms with Crippen LogP contribution in [0, 0.1) is 0 Å². The number of aliphatic hydroxyl groups is 1. The number of carbonyl (C=O) groups excluding carboxylic acids is 4. The minimum Gasteiger partial charge on any atom is -0.504 e. The van der Waals surface area contributed by atoms with Crippen molar-refractivity contribution in [3.8, 4) is 80.1 Å². The molecule has 1 saturated heterocycles. The minimum absolute atomic E-state index is 0.467. The number of ether oxygens (including phenoxy) is 5. The molecule has 2 aliphatic heterocycles. The smallest absolute Gasteiger partial charge is 0.340 e. The van der Waals surface area contributed by atoms with E-state index >= 15 is 0 Å². The largest absolute Gasteiger partial charge is 0.504 e. The van der Waals surface area contributed by atoms with Gasteiger partial charge in [-0.15, -0.1) is 0 Å². The summed E-state index contributed by atoms with van der Waals surface area (Å²) in [5.74, 6) is -20.0. The molecule has 5 atom stereocenters. The number of hydrogen-bond acceptors (Lipinski definition) is 22. The fourth-order valence-electron chi connectivity index (χ4n) is 5.75. The Morgan fingerprint density at radius 1 is 0.554 bits per heavy atom. The van der Waals surface area contributed by atoms with Crippen LogP contribution < -0.4 is 0 Å². The molecule has 0 bridgehead atoms. The van der Waals surface area contributed by atoms with Crippen LogP contribution in [0.4, 0.5) is 0 Å². The number of hydrogen-bond donors (Lipinski definition) is 13. The molecule has 0 unspecified atom stereocenters. The Balaban J connectivity index is 1.49. The van der Waals surface area contributed by atoms with Gasteiger partial charge in [0.05, 0.1) is 22.3 Å². The summed E-state index contributed by atoms with van der Waals surface area (Å²) in [6.07, 6.45) is -11.2. The first-order chi connectivity index (χ1) is 26.3. The summed E-state index contributed by atoms with van der Waals surface area (Å²) in [6.45, 7) is -1.12. The molecule has 6 rings (SSSR count). The lowest BCUT2D eigenvalue weighted by atomic mass is 9.92. The lowest BCUT2D eigenvalue weighted by Gasteiger charge is -2.42. The average molecular weight is 787 g/mol. The summed E-state index contributed by atoms with van der Waals surface area (Å²) in [6, 6.07) is 3.47. The van der Waals surface area contributed by atoms with E-state index in [1.165, 1.54) is 0 Å². The highest BCUT2D eigenvalue weighted by Crippen LogP contribution is 2.53. The highest BCUT2D eigenvalue weighted by molar-refractivity contribution is 6.08. The molecule has 0 radical (unpaired) electrons. The summed E-state index contributed by atoms with van der Waals surface area (Å²) in [7, 11) is 0. The third-order valence-electron chi connectivity index (χ3n) is 8.51. The second kappa shape index (κ2) is 13.9. The SMILES string of the molecule is O=C(O[C@H]1O[C@@H]2COC(=O)c3cc(O)c(O)c(O)c3-c3c(cc(O)c(O)c3O)C(=O)O[C@@H]2[C@@H](OC(=O)c2cc(O)c(O)c(O)c2)[C@@H]1O)c1cc(O)c(O)c(O)c1. The quantitative estimate of drug-likeness (QED) is 0.0768. The zero-order chi connectivity index (χ0) is 41.1. The van der Waals surface area contributed by atoms with Gasteiger partial charge in [0.15, 0.2) is 75.8 Å². The number of esters is 4. The Hall–Kier alpha value is -7.72. The molecular weight excluding hydrogens is 760 g/mol. The lowest BCUT2D eigenvalue weighted by Crippen LogP contribution is -2.62. The van der Waals surface area contributed by atoms with E-state index in [1.807, 2.05) is 0 Å². The second-order valence-electron chi connectivity index (χ2n) is 12.0. The molecule has 22 nitrogen and oxygen atoms in total. The van der Waals surface area contributed by atoms with Crippen LogP contribution in [0.25, 0.3) is 11.1 Å². The molecule has 4 aromatic rings. The van der Waals surface area contributed by atoms with Gasteiger partial charge in [-0.3, -0.25) is 0 Å². The predicted octanol–water partition coefficient (Wildman–Crippen LogP) is 0.685. The number of phenols is 12. The van der Waals surface area contributed by atoms with Gasteiger partial charge >= 0.3 is 23.9 Å². The van der Waals surface area contributed by atoms with Gasteiger partial charge in [0, 0.05) is 11.1 Å². The van der Waals surface area contributed by atoms with E-state index in [4.69, 9.17) is 23.7 Å². The Kier molecular flexibility index (Phi) is 9.45. The fraction of sp³-hybridized carbons (Fsp3) is 0.176. The lowest BCUT2D eigenvalue weighted by molar-refractivity contribution is -0.283. The van der Waals surface area contributed by atoms with Crippen LogP contribution in [0.3, 0.4) is 0 Å². The fourth-order valence-corrected chi connectivity index (χ4v) is 5.75. The van der Waals surface area contributed by atoms with Gasteiger partial charge in [0.25, 0.3) is 0 Å². The van der Waals surface area contributed by atoms with Crippen molar-refractivity contribution in [2.45, 2.75) is 30.7 Å². The zero-order valence-corrected chi connectivity index (χ0v) is 27.5. The molecule has 0 amide bonds. The molecule has 1 fully saturated rings. The Labute approximate surface area is 309 Å². The van der Waals surface area contributed by atoms with Crippen molar-refractivity contribution in [2.24, 2.45) is 0 Å². The Bertz CT molecular complexity index is 2290. The van der Waals surface area contributed by atoms with Crippen molar-refractivity contribution < 1.29 is 109 Å². The average Bonchev–Trinajstić information content (AvgIpc) is 3.16. The molecule has 0 aliphatic carbocycles. The topological polar surface area (TPSA) is 377 Å². The van der Waals surface area contributed by atoms with Gasteiger partial charge in [-0.05, 0) is 36.4 Å². The van der Waals surface area contributed by atoms with Crippen LogP contribution in [0.15, 0.2) is 36.4 Å². The Morgan fingerprint density at radius 2 is 0.964 bits per heavy atom. The molecule has 22 heteroatoms.